The third-order valence-electron chi connectivity index (χ3n) is 2.35. The highest BCUT2D eigenvalue weighted by atomic mass is 16.4. The maximum Gasteiger partial charge on any atom is 0.335 e. The molecule has 6 nitrogen and oxygen atoms in total. The fourth-order valence-electron chi connectivity index (χ4n) is 1.45. The lowest BCUT2D eigenvalue weighted by molar-refractivity contribution is -0.118. The Labute approximate surface area is 110 Å². The molecule has 0 heterocycles. The second-order valence-corrected chi connectivity index (χ2v) is 3.91. The summed E-state index contributed by atoms with van der Waals surface area (Å²) in [5.74, 6) is -1.99. The summed E-state index contributed by atoms with van der Waals surface area (Å²) >= 11 is 0. The molecular formula is C13H15NO5. The molecule has 0 aliphatic heterocycles. The van der Waals surface area contributed by atoms with Crippen LogP contribution in [0.2, 0.25) is 0 Å². The van der Waals surface area contributed by atoms with E-state index in [2.05, 4.69) is 5.32 Å². The zero-order chi connectivity index (χ0) is 14.4. The van der Waals surface area contributed by atoms with Crippen LogP contribution in [0.3, 0.4) is 0 Å². The van der Waals surface area contributed by atoms with E-state index in [9.17, 15) is 19.8 Å². The summed E-state index contributed by atoms with van der Waals surface area (Å²) in [6, 6.07) is 2.13. The van der Waals surface area contributed by atoms with Crippen LogP contribution in [0, 0.1) is 0 Å². The Hall–Kier alpha value is -2.50. The lowest BCUT2D eigenvalue weighted by Gasteiger charge is -2.04. The minimum absolute atomic E-state index is 0.134. The monoisotopic (exact) mass is 265 g/mol. The molecule has 0 saturated heterocycles. The number of aromatic carboxylic acids is 1. The number of rotatable bonds is 5. The first kappa shape index (κ1) is 14.6. The molecule has 0 saturated carbocycles. The normalized spacial score (nSPS) is 10.6. The first-order valence-corrected chi connectivity index (χ1v) is 5.62. The van der Waals surface area contributed by atoms with Crippen LogP contribution in [0.1, 0.15) is 29.3 Å². The van der Waals surface area contributed by atoms with Crippen molar-refractivity contribution in [2.75, 3.05) is 6.54 Å². The molecule has 102 valence electrons. The van der Waals surface area contributed by atoms with Crippen LogP contribution in [-0.2, 0) is 4.79 Å². The lowest BCUT2D eigenvalue weighted by Crippen LogP contribution is -2.20. The fraction of sp³-hybridized carbons (Fsp3) is 0.231. The van der Waals surface area contributed by atoms with E-state index in [1.165, 1.54) is 13.0 Å². The summed E-state index contributed by atoms with van der Waals surface area (Å²) in [5.41, 5.74) is -0.0433. The van der Waals surface area contributed by atoms with Crippen LogP contribution in [0.4, 0.5) is 0 Å². The summed E-state index contributed by atoms with van der Waals surface area (Å²) in [4.78, 5) is 21.3. The number of aromatic hydroxyl groups is 2. The Morgan fingerprint density at radius 1 is 1.26 bits per heavy atom. The van der Waals surface area contributed by atoms with Crippen LogP contribution < -0.4 is 5.32 Å². The second kappa shape index (κ2) is 6.44. The SMILES string of the molecule is CC(=O)NCCC=Cc1c(O)cc(C(=O)O)cc1O. The molecule has 0 atom stereocenters. The van der Waals surface area contributed by atoms with E-state index in [0.717, 1.165) is 12.1 Å². The highest BCUT2D eigenvalue weighted by Gasteiger charge is 2.11. The average molecular weight is 265 g/mol. The zero-order valence-corrected chi connectivity index (χ0v) is 10.4. The lowest BCUT2D eigenvalue weighted by atomic mass is 10.1. The topological polar surface area (TPSA) is 107 Å². The number of benzene rings is 1. The molecule has 1 rings (SSSR count). The Kier molecular flexibility index (Phi) is 4.93. The van der Waals surface area contributed by atoms with Crippen LogP contribution in [0.15, 0.2) is 18.2 Å². The highest BCUT2D eigenvalue weighted by molar-refractivity contribution is 5.89. The maximum absolute atomic E-state index is 10.7. The molecule has 0 aliphatic rings. The van der Waals surface area contributed by atoms with Gasteiger partial charge >= 0.3 is 5.97 Å². The number of hydrogen-bond acceptors (Lipinski definition) is 4. The Bertz CT molecular complexity index is 499. The number of nitrogens with one attached hydrogen (secondary N) is 1. The van der Waals surface area contributed by atoms with E-state index < -0.39 is 5.97 Å². The van der Waals surface area contributed by atoms with E-state index in [1.54, 1.807) is 6.08 Å². The van der Waals surface area contributed by atoms with Crippen molar-refractivity contribution in [3.63, 3.8) is 0 Å². The quantitative estimate of drug-likeness (QED) is 0.601. The predicted octanol–water partition coefficient (Wildman–Crippen LogP) is 1.34. The number of carbonyl (C=O) groups excluding carboxylic acids is 1. The molecule has 0 fully saturated rings. The second-order valence-electron chi connectivity index (χ2n) is 3.91. The van der Waals surface area contributed by atoms with Gasteiger partial charge in [0.05, 0.1) is 11.1 Å². The molecule has 1 aromatic rings. The molecule has 0 spiro atoms. The molecule has 1 aromatic carbocycles. The molecule has 0 bridgehead atoms. The van der Waals surface area contributed by atoms with Crippen molar-refractivity contribution in [1.82, 2.24) is 5.32 Å². The fourth-order valence-corrected chi connectivity index (χ4v) is 1.45. The van der Waals surface area contributed by atoms with E-state index >= 15 is 0 Å². The molecule has 19 heavy (non-hydrogen) atoms. The number of phenolic OH excluding ortho intramolecular Hbond substituents is 2. The number of phenols is 2. The van der Waals surface area contributed by atoms with Crippen molar-refractivity contribution in [3.8, 4) is 11.5 Å². The van der Waals surface area contributed by atoms with E-state index in [1.807, 2.05) is 0 Å². The standard InChI is InChI=1S/C13H15NO5/c1-8(15)14-5-3-2-4-10-11(16)6-9(13(18)19)7-12(10)17/h2,4,6-7,16-17H,3,5H2,1H3,(H,14,15)(H,18,19). The molecule has 4 N–H and O–H groups in total. The number of amides is 1. The molecule has 0 aliphatic carbocycles. The summed E-state index contributed by atoms with van der Waals surface area (Å²) in [6.07, 6.45) is 3.66. The van der Waals surface area contributed by atoms with Gasteiger partial charge in [-0.2, -0.15) is 0 Å². The minimum atomic E-state index is -1.23. The van der Waals surface area contributed by atoms with Gasteiger partial charge in [-0.1, -0.05) is 12.2 Å². The molecular weight excluding hydrogens is 250 g/mol. The third kappa shape index (κ3) is 4.34. The summed E-state index contributed by atoms with van der Waals surface area (Å²) in [6.45, 7) is 1.85. The van der Waals surface area contributed by atoms with Gasteiger partial charge in [-0.3, -0.25) is 4.79 Å². The van der Waals surface area contributed by atoms with Crippen LogP contribution in [-0.4, -0.2) is 33.7 Å². The Balaban J connectivity index is 2.76. The van der Waals surface area contributed by atoms with Gasteiger partial charge in [0.1, 0.15) is 11.5 Å². The van der Waals surface area contributed by atoms with Gasteiger partial charge in [-0.05, 0) is 18.6 Å². The minimum Gasteiger partial charge on any atom is -0.507 e. The van der Waals surface area contributed by atoms with E-state index in [0.29, 0.717) is 13.0 Å². The highest BCUT2D eigenvalue weighted by Crippen LogP contribution is 2.30. The van der Waals surface area contributed by atoms with Crippen molar-refractivity contribution in [1.29, 1.82) is 0 Å². The van der Waals surface area contributed by atoms with E-state index in [-0.39, 0.29) is 28.5 Å². The van der Waals surface area contributed by atoms with Crippen molar-refractivity contribution >= 4 is 18.0 Å². The number of hydrogen-bond donors (Lipinski definition) is 4. The van der Waals surface area contributed by atoms with Crippen molar-refractivity contribution < 1.29 is 24.9 Å². The molecule has 0 unspecified atom stereocenters. The number of carboxylic acids is 1. The number of carboxylic acid groups (broad SMARTS) is 1. The van der Waals surface area contributed by atoms with Gasteiger partial charge in [0.25, 0.3) is 0 Å². The third-order valence-corrected chi connectivity index (χ3v) is 2.35. The molecule has 1 amide bonds. The van der Waals surface area contributed by atoms with Crippen LogP contribution in [0.25, 0.3) is 6.08 Å². The smallest absolute Gasteiger partial charge is 0.335 e. The van der Waals surface area contributed by atoms with Crippen LogP contribution in [0.5, 0.6) is 11.5 Å². The molecule has 6 heteroatoms. The van der Waals surface area contributed by atoms with E-state index in [4.69, 9.17) is 5.11 Å². The maximum atomic E-state index is 10.7. The largest absolute Gasteiger partial charge is 0.507 e. The molecule has 0 aromatic heterocycles. The predicted molar refractivity (Wildman–Crippen MR) is 69.1 cm³/mol. The van der Waals surface area contributed by atoms with Gasteiger partial charge < -0.3 is 20.6 Å². The zero-order valence-electron chi connectivity index (χ0n) is 10.4. The number of carbonyl (C=O) groups is 2. The summed E-state index contributed by atoms with van der Waals surface area (Å²) in [5, 5.41) is 30.6. The summed E-state index contributed by atoms with van der Waals surface area (Å²) < 4.78 is 0. The van der Waals surface area contributed by atoms with Gasteiger partial charge in [0, 0.05) is 13.5 Å². The van der Waals surface area contributed by atoms with Gasteiger partial charge in [-0.25, -0.2) is 4.79 Å². The Morgan fingerprint density at radius 3 is 2.32 bits per heavy atom. The molecule has 0 radical (unpaired) electrons. The first-order valence-electron chi connectivity index (χ1n) is 5.62. The Morgan fingerprint density at radius 2 is 1.84 bits per heavy atom. The van der Waals surface area contributed by atoms with Gasteiger partial charge in [0.15, 0.2) is 0 Å². The first-order chi connectivity index (χ1) is 8.91. The van der Waals surface area contributed by atoms with Crippen LogP contribution >= 0.6 is 0 Å². The van der Waals surface area contributed by atoms with Crippen molar-refractivity contribution in [2.45, 2.75) is 13.3 Å². The summed E-state index contributed by atoms with van der Waals surface area (Å²) in [7, 11) is 0. The van der Waals surface area contributed by atoms with Crippen molar-refractivity contribution in [2.24, 2.45) is 0 Å². The van der Waals surface area contributed by atoms with Gasteiger partial charge in [0.2, 0.25) is 5.91 Å². The van der Waals surface area contributed by atoms with Crippen molar-refractivity contribution in [3.05, 3.63) is 29.3 Å². The van der Waals surface area contributed by atoms with Gasteiger partial charge in [-0.15, -0.1) is 0 Å². The average Bonchev–Trinajstić information content (AvgIpc) is 2.30.